The van der Waals surface area contributed by atoms with Crippen LogP contribution in [0.25, 0.3) is 10.2 Å². The Balaban J connectivity index is 2.22. The number of carbonyl (C=O) groups is 1. The normalized spacial score (nSPS) is 10.7. The molecule has 102 valence electrons. The number of thiophene rings is 1. The Bertz CT molecular complexity index is 600. The molecule has 0 aliphatic rings. The second-order valence-electron chi connectivity index (χ2n) is 3.75. The van der Waals surface area contributed by atoms with E-state index in [2.05, 4.69) is 20.1 Å². The number of methoxy groups -OCH3 is 1. The van der Waals surface area contributed by atoms with Crippen molar-refractivity contribution >= 4 is 45.2 Å². The van der Waals surface area contributed by atoms with Crippen molar-refractivity contribution in [3.8, 4) is 0 Å². The van der Waals surface area contributed by atoms with Crippen LogP contribution in [0.1, 0.15) is 11.3 Å². The molecule has 0 aliphatic carbocycles. The van der Waals surface area contributed by atoms with Gasteiger partial charge in [-0.3, -0.25) is 10.2 Å². The van der Waals surface area contributed by atoms with E-state index in [1.807, 2.05) is 13.0 Å². The molecule has 0 aromatic carbocycles. The number of nitrogens with one attached hydrogen (secondary N) is 1. The van der Waals surface area contributed by atoms with E-state index in [1.54, 1.807) is 11.3 Å². The molecule has 0 fully saturated rings. The van der Waals surface area contributed by atoms with Gasteiger partial charge in [0.2, 0.25) is 5.95 Å². The highest BCUT2D eigenvalue weighted by atomic mass is 32.2. The number of nitrogens with zero attached hydrogens (tertiary/aromatic N) is 2. The van der Waals surface area contributed by atoms with E-state index in [4.69, 9.17) is 5.84 Å². The molecule has 0 aliphatic heterocycles. The number of ether oxygens (including phenoxy) is 1. The summed E-state index contributed by atoms with van der Waals surface area (Å²) in [5.74, 6) is 6.13. The molecule has 6 nitrogen and oxygen atoms in total. The Morgan fingerprint density at radius 2 is 2.37 bits per heavy atom. The highest BCUT2D eigenvalue weighted by Gasteiger charge is 2.11. The Morgan fingerprint density at radius 1 is 1.58 bits per heavy atom. The molecule has 19 heavy (non-hydrogen) atoms. The fourth-order valence-electron chi connectivity index (χ4n) is 1.52. The van der Waals surface area contributed by atoms with Crippen LogP contribution >= 0.6 is 23.1 Å². The number of nitrogens with two attached hydrogens (primary N) is 1. The van der Waals surface area contributed by atoms with Gasteiger partial charge in [0.15, 0.2) is 0 Å². The van der Waals surface area contributed by atoms with Crippen LogP contribution < -0.4 is 11.3 Å². The summed E-state index contributed by atoms with van der Waals surface area (Å²) < 4.78 is 4.61. The van der Waals surface area contributed by atoms with Gasteiger partial charge in [-0.2, -0.15) is 0 Å². The number of fused-ring (bicyclic) bond motifs is 1. The van der Waals surface area contributed by atoms with Crippen molar-refractivity contribution in [2.45, 2.75) is 18.4 Å². The maximum atomic E-state index is 11.1. The third kappa shape index (κ3) is 3.34. The van der Waals surface area contributed by atoms with Crippen molar-refractivity contribution in [1.29, 1.82) is 0 Å². The lowest BCUT2D eigenvalue weighted by Crippen LogP contribution is -2.10. The first-order valence-electron chi connectivity index (χ1n) is 5.58. The molecule has 0 unspecified atom stereocenters. The number of hydrazine groups is 1. The van der Waals surface area contributed by atoms with Crippen molar-refractivity contribution in [3.63, 3.8) is 0 Å². The van der Waals surface area contributed by atoms with Gasteiger partial charge in [-0.25, -0.2) is 15.8 Å². The third-order valence-corrected chi connectivity index (χ3v) is 4.32. The maximum Gasteiger partial charge on any atom is 0.306 e. The second-order valence-corrected chi connectivity index (χ2v) is 6.07. The number of nitrogen functional groups attached to an aromatic ring is 1. The van der Waals surface area contributed by atoms with Crippen LogP contribution in [-0.4, -0.2) is 28.8 Å². The minimum Gasteiger partial charge on any atom is -0.469 e. The third-order valence-electron chi connectivity index (χ3n) is 2.38. The lowest BCUT2D eigenvalue weighted by Gasteiger charge is -2.04. The summed E-state index contributed by atoms with van der Waals surface area (Å²) in [4.78, 5) is 21.8. The lowest BCUT2D eigenvalue weighted by atomic mass is 10.4. The molecular formula is C11H14N4O2S2. The monoisotopic (exact) mass is 298 g/mol. The zero-order valence-corrected chi connectivity index (χ0v) is 12.2. The van der Waals surface area contributed by atoms with E-state index < -0.39 is 0 Å². The Hall–Kier alpha value is -1.38. The standard InChI is InChI=1S/C11H14N4O2S2/c1-6-5-7-9(18-4-3-8(16)17-2)13-11(15-12)14-10(7)19-6/h5H,3-4,12H2,1-2H3,(H,13,14,15). The first-order valence-corrected chi connectivity index (χ1v) is 7.38. The molecule has 3 N–H and O–H groups in total. The van der Waals surface area contributed by atoms with E-state index in [-0.39, 0.29) is 5.97 Å². The fraction of sp³-hybridized carbons (Fsp3) is 0.364. The number of esters is 1. The number of hydrogen-bond acceptors (Lipinski definition) is 8. The van der Waals surface area contributed by atoms with Crippen molar-refractivity contribution in [2.75, 3.05) is 18.3 Å². The van der Waals surface area contributed by atoms with Crippen LogP contribution in [0.5, 0.6) is 0 Å². The Kier molecular flexibility index (Phi) is 4.56. The van der Waals surface area contributed by atoms with Crippen molar-refractivity contribution in [3.05, 3.63) is 10.9 Å². The summed E-state index contributed by atoms with van der Waals surface area (Å²) in [7, 11) is 1.38. The highest BCUT2D eigenvalue weighted by Crippen LogP contribution is 2.32. The van der Waals surface area contributed by atoms with E-state index >= 15 is 0 Å². The molecule has 0 spiro atoms. The van der Waals surface area contributed by atoms with Crippen LogP contribution in [0.4, 0.5) is 5.95 Å². The van der Waals surface area contributed by atoms with Crippen molar-refractivity contribution in [1.82, 2.24) is 9.97 Å². The average Bonchev–Trinajstić information content (AvgIpc) is 2.78. The maximum absolute atomic E-state index is 11.1. The topological polar surface area (TPSA) is 90.1 Å². The van der Waals surface area contributed by atoms with Gasteiger partial charge in [0.25, 0.3) is 0 Å². The largest absolute Gasteiger partial charge is 0.469 e. The zero-order valence-electron chi connectivity index (χ0n) is 10.6. The fourth-order valence-corrected chi connectivity index (χ4v) is 3.39. The van der Waals surface area contributed by atoms with Gasteiger partial charge < -0.3 is 4.74 Å². The zero-order chi connectivity index (χ0) is 13.8. The first-order chi connectivity index (χ1) is 9.13. The minimum atomic E-state index is -0.225. The number of thioether (sulfide) groups is 1. The molecule has 0 radical (unpaired) electrons. The molecule has 2 aromatic rings. The second kappa shape index (κ2) is 6.18. The van der Waals surface area contributed by atoms with Crippen molar-refractivity contribution in [2.24, 2.45) is 5.84 Å². The predicted octanol–water partition coefficient (Wildman–Crippen LogP) is 1.94. The minimum absolute atomic E-state index is 0.225. The van der Waals surface area contributed by atoms with E-state index in [1.165, 1.54) is 18.9 Å². The number of carbonyl (C=O) groups excluding carboxylic acids is 1. The van der Waals surface area contributed by atoms with Crippen LogP contribution in [0, 0.1) is 6.92 Å². The van der Waals surface area contributed by atoms with Gasteiger partial charge in [0.1, 0.15) is 9.86 Å². The predicted molar refractivity (Wildman–Crippen MR) is 77.3 cm³/mol. The van der Waals surface area contributed by atoms with Gasteiger partial charge in [-0.05, 0) is 13.0 Å². The van der Waals surface area contributed by atoms with E-state index in [9.17, 15) is 4.79 Å². The summed E-state index contributed by atoms with van der Waals surface area (Å²) in [6.45, 7) is 2.02. The Labute approximate surface area is 118 Å². The first kappa shape index (κ1) is 14.0. The van der Waals surface area contributed by atoms with Gasteiger partial charge in [-0.1, -0.05) is 0 Å². The van der Waals surface area contributed by atoms with Crippen LogP contribution in [0.15, 0.2) is 11.1 Å². The molecule has 2 rings (SSSR count). The molecule has 2 heterocycles. The number of anilines is 1. The lowest BCUT2D eigenvalue weighted by molar-refractivity contribution is -0.140. The number of hydrogen-bond donors (Lipinski definition) is 2. The van der Waals surface area contributed by atoms with Crippen LogP contribution in [0.3, 0.4) is 0 Å². The quantitative estimate of drug-likeness (QED) is 0.286. The van der Waals surface area contributed by atoms with Gasteiger partial charge >= 0.3 is 5.97 Å². The van der Waals surface area contributed by atoms with E-state index in [0.29, 0.717) is 18.1 Å². The molecule has 0 atom stereocenters. The molecular weight excluding hydrogens is 284 g/mol. The number of aryl methyl sites for hydroxylation is 1. The van der Waals surface area contributed by atoms with Crippen LogP contribution in [-0.2, 0) is 9.53 Å². The number of aromatic nitrogens is 2. The van der Waals surface area contributed by atoms with Gasteiger partial charge in [0.05, 0.1) is 13.5 Å². The molecule has 2 aromatic heterocycles. The summed E-state index contributed by atoms with van der Waals surface area (Å²) in [6.07, 6.45) is 0.348. The van der Waals surface area contributed by atoms with Gasteiger partial charge in [-0.15, -0.1) is 23.1 Å². The Morgan fingerprint density at radius 3 is 3.05 bits per heavy atom. The SMILES string of the molecule is COC(=O)CCSc1nc(NN)nc2sc(C)cc12. The highest BCUT2D eigenvalue weighted by molar-refractivity contribution is 7.99. The summed E-state index contributed by atoms with van der Waals surface area (Å²) >= 11 is 3.08. The van der Waals surface area contributed by atoms with Crippen LogP contribution in [0.2, 0.25) is 0 Å². The summed E-state index contributed by atoms with van der Waals surface area (Å²) in [5, 5.41) is 1.82. The smallest absolute Gasteiger partial charge is 0.306 e. The molecule has 0 saturated carbocycles. The summed E-state index contributed by atoms with van der Waals surface area (Å²) in [6, 6.07) is 2.04. The molecule has 0 bridgehead atoms. The average molecular weight is 298 g/mol. The molecule has 8 heteroatoms. The number of rotatable bonds is 5. The summed E-state index contributed by atoms with van der Waals surface area (Å²) in [5.41, 5.74) is 2.46. The van der Waals surface area contributed by atoms with E-state index in [0.717, 1.165) is 20.1 Å². The molecule has 0 amide bonds. The molecule has 0 saturated heterocycles. The van der Waals surface area contributed by atoms with Crippen molar-refractivity contribution < 1.29 is 9.53 Å². The van der Waals surface area contributed by atoms with Gasteiger partial charge in [0, 0.05) is 16.0 Å².